The normalized spacial score (nSPS) is 14.7. The van der Waals surface area contributed by atoms with E-state index in [2.05, 4.69) is 5.73 Å². The third kappa shape index (κ3) is 2.66. The second-order valence-electron chi connectivity index (χ2n) is 3.37. The number of rotatable bonds is 1. The van der Waals surface area contributed by atoms with Crippen LogP contribution in [0.2, 0.25) is 0 Å². The first-order valence-corrected chi connectivity index (χ1v) is 4.37. The van der Waals surface area contributed by atoms with Crippen LogP contribution in [0.3, 0.4) is 0 Å². The average Bonchev–Trinajstić information content (AvgIpc) is 2.17. The Balaban J connectivity index is 3.53. The molecule has 1 atom stereocenters. The van der Waals surface area contributed by atoms with Gasteiger partial charge in [0, 0.05) is 5.56 Å². The summed E-state index contributed by atoms with van der Waals surface area (Å²) in [5.74, 6) is -3.37. The molecule has 0 unspecified atom stereocenters. The Morgan fingerprint density at radius 3 is 1.94 bits per heavy atom. The van der Waals surface area contributed by atoms with Gasteiger partial charge in [0.25, 0.3) is 0 Å². The molecule has 0 bridgehead atoms. The molecule has 102 valence electrons. The lowest BCUT2D eigenvalue weighted by Gasteiger charge is -2.21. The lowest BCUT2D eigenvalue weighted by molar-refractivity contribution is -0.156. The quantitative estimate of drug-likeness (QED) is 0.775. The van der Waals surface area contributed by atoms with E-state index < -0.39 is 41.1 Å². The van der Waals surface area contributed by atoms with Gasteiger partial charge in [-0.25, -0.2) is 4.39 Å². The Bertz CT molecular complexity index is 451. The van der Waals surface area contributed by atoms with Crippen LogP contribution >= 0.6 is 0 Å². The molecule has 1 rings (SSSR count). The first-order chi connectivity index (χ1) is 7.96. The summed E-state index contributed by atoms with van der Waals surface area (Å²) in [4.78, 5) is 0. The van der Waals surface area contributed by atoms with Gasteiger partial charge in [0.2, 0.25) is 0 Å². The number of aromatic hydroxyl groups is 1. The highest BCUT2D eigenvalue weighted by atomic mass is 19.4. The number of phenolic OH excluding ortho intramolecular Hbond substituents is 1. The lowest BCUT2D eigenvalue weighted by Crippen LogP contribution is -2.31. The van der Waals surface area contributed by atoms with Gasteiger partial charge in [-0.15, -0.1) is 0 Å². The van der Waals surface area contributed by atoms with Crippen LogP contribution in [0.4, 0.5) is 30.7 Å². The second kappa shape index (κ2) is 4.30. The maximum Gasteiger partial charge on any atom is 0.416 e. The summed E-state index contributed by atoms with van der Waals surface area (Å²) >= 11 is 0. The number of alkyl halides is 6. The number of hydrogen-bond acceptors (Lipinski definition) is 2. The number of hydrogen-bond donors (Lipinski definition) is 2. The van der Waals surface area contributed by atoms with Crippen LogP contribution in [0.1, 0.15) is 17.2 Å². The van der Waals surface area contributed by atoms with Crippen LogP contribution in [0.15, 0.2) is 12.1 Å². The van der Waals surface area contributed by atoms with Crippen molar-refractivity contribution in [1.29, 1.82) is 0 Å². The molecule has 0 aromatic heterocycles. The van der Waals surface area contributed by atoms with Crippen LogP contribution in [0.5, 0.6) is 5.75 Å². The predicted octanol–water partition coefficient (Wildman–Crippen LogP) is 3.11. The summed E-state index contributed by atoms with van der Waals surface area (Å²) < 4.78 is 87.1. The largest absolute Gasteiger partial charge is 0.505 e. The Hall–Kier alpha value is -1.51. The molecular formula is C9H6F7NO. The van der Waals surface area contributed by atoms with Crippen molar-refractivity contribution in [3.8, 4) is 5.75 Å². The number of phenols is 1. The molecule has 0 fully saturated rings. The first-order valence-electron chi connectivity index (χ1n) is 4.37. The molecule has 2 nitrogen and oxygen atoms in total. The number of benzene rings is 1. The second-order valence-corrected chi connectivity index (χ2v) is 3.37. The smallest absolute Gasteiger partial charge is 0.416 e. The van der Waals surface area contributed by atoms with E-state index in [-0.39, 0.29) is 12.1 Å². The molecule has 3 N–H and O–H groups in total. The van der Waals surface area contributed by atoms with Crippen LogP contribution < -0.4 is 5.73 Å². The van der Waals surface area contributed by atoms with E-state index in [4.69, 9.17) is 5.11 Å². The van der Waals surface area contributed by atoms with Crippen LogP contribution in [0, 0.1) is 5.82 Å². The summed E-state index contributed by atoms with van der Waals surface area (Å²) in [5, 5.41) is 9.02. The van der Waals surface area contributed by atoms with E-state index in [0.29, 0.717) is 0 Å². The van der Waals surface area contributed by atoms with E-state index in [9.17, 15) is 30.7 Å². The van der Waals surface area contributed by atoms with Crippen LogP contribution in [-0.4, -0.2) is 11.3 Å². The fraction of sp³-hybridized carbons (Fsp3) is 0.333. The van der Waals surface area contributed by atoms with Gasteiger partial charge < -0.3 is 10.8 Å². The molecule has 0 spiro atoms. The van der Waals surface area contributed by atoms with Gasteiger partial charge in [0.1, 0.15) is 6.04 Å². The minimum atomic E-state index is -5.24. The van der Waals surface area contributed by atoms with E-state index in [1.807, 2.05) is 0 Å². The van der Waals surface area contributed by atoms with Gasteiger partial charge in [-0.2, -0.15) is 26.3 Å². The van der Waals surface area contributed by atoms with E-state index in [1.54, 1.807) is 0 Å². The highest BCUT2D eigenvalue weighted by Crippen LogP contribution is 2.43. The van der Waals surface area contributed by atoms with Gasteiger partial charge in [0.15, 0.2) is 11.6 Å². The van der Waals surface area contributed by atoms with Crippen LogP contribution in [0.25, 0.3) is 0 Å². The molecule has 9 heteroatoms. The van der Waals surface area contributed by atoms with Crippen molar-refractivity contribution in [2.24, 2.45) is 5.73 Å². The average molecular weight is 277 g/mol. The summed E-state index contributed by atoms with van der Waals surface area (Å²) in [5.41, 5.74) is 1.03. The third-order valence-corrected chi connectivity index (χ3v) is 2.14. The Morgan fingerprint density at radius 1 is 1.06 bits per heavy atom. The molecule has 0 heterocycles. The molecule has 1 aromatic carbocycles. The van der Waals surface area contributed by atoms with Gasteiger partial charge >= 0.3 is 12.4 Å². The summed E-state index contributed by atoms with van der Waals surface area (Å²) in [7, 11) is 0. The molecule has 18 heavy (non-hydrogen) atoms. The minimum absolute atomic E-state index is 0.0932. The van der Waals surface area contributed by atoms with Crippen molar-refractivity contribution in [2.45, 2.75) is 18.4 Å². The zero-order chi connectivity index (χ0) is 14.3. The molecule has 0 amide bonds. The van der Waals surface area contributed by atoms with Crippen molar-refractivity contribution in [2.75, 3.05) is 0 Å². The van der Waals surface area contributed by atoms with E-state index in [0.717, 1.165) is 0 Å². The van der Waals surface area contributed by atoms with Gasteiger partial charge in [-0.05, 0) is 12.1 Å². The molecule has 1 aromatic rings. The number of halogens is 7. The Morgan fingerprint density at radius 2 is 1.56 bits per heavy atom. The Labute approximate surface area is 95.8 Å². The van der Waals surface area contributed by atoms with Gasteiger partial charge in [-0.1, -0.05) is 0 Å². The van der Waals surface area contributed by atoms with Gasteiger partial charge in [-0.3, -0.25) is 0 Å². The molecule has 0 saturated heterocycles. The highest BCUT2D eigenvalue weighted by Gasteiger charge is 2.45. The molecule has 0 aliphatic heterocycles. The predicted molar refractivity (Wildman–Crippen MR) is 46.1 cm³/mol. The zero-order valence-electron chi connectivity index (χ0n) is 8.40. The molecule has 0 radical (unpaired) electrons. The first kappa shape index (κ1) is 14.6. The molecule has 0 aliphatic carbocycles. The van der Waals surface area contributed by atoms with Gasteiger partial charge in [0.05, 0.1) is 5.56 Å². The zero-order valence-corrected chi connectivity index (χ0v) is 8.40. The molecular weight excluding hydrogens is 271 g/mol. The Kier molecular flexibility index (Phi) is 3.48. The summed E-state index contributed by atoms with van der Waals surface area (Å²) in [6.07, 6.45) is -10.4. The standard InChI is InChI=1S/C9H6F7NO/c10-4-2-1-3(8(11,12)13)5(6(4)18)7(17)9(14,15)16/h1-2,7,18H,17H2/t7-/m1/s1. The number of nitrogens with two attached hydrogens (primary N) is 1. The van der Waals surface area contributed by atoms with Crippen LogP contribution in [-0.2, 0) is 6.18 Å². The van der Waals surface area contributed by atoms with Crippen molar-refractivity contribution in [3.63, 3.8) is 0 Å². The fourth-order valence-electron chi connectivity index (χ4n) is 1.31. The topological polar surface area (TPSA) is 46.2 Å². The lowest BCUT2D eigenvalue weighted by atomic mass is 9.98. The maximum absolute atomic E-state index is 12.9. The molecule has 0 saturated carbocycles. The van der Waals surface area contributed by atoms with Crippen molar-refractivity contribution < 1.29 is 35.8 Å². The third-order valence-electron chi connectivity index (χ3n) is 2.14. The fourth-order valence-corrected chi connectivity index (χ4v) is 1.31. The highest BCUT2D eigenvalue weighted by molar-refractivity contribution is 5.44. The van der Waals surface area contributed by atoms with E-state index in [1.165, 1.54) is 0 Å². The summed E-state index contributed by atoms with van der Waals surface area (Å²) in [6.45, 7) is 0. The van der Waals surface area contributed by atoms with Crippen molar-refractivity contribution >= 4 is 0 Å². The van der Waals surface area contributed by atoms with E-state index >= 15 is 0 Å². The van der Waals surface area contributed by atoms with Crippen molar-refractivity contribution in [1.82, 2.24) is 0 Å². The monoisotopic (exact) mass is 277 g/mol. The minimum Gasteiger partial charge on any atom is -0.505 e. The molecule has 0 aliphatic rings. The summed E-state index contributed by atoms with van der Waals surface area (Å²) in [6, 6.07) is -2.83. The SMILES string of the molecule is N[C@H](c1c(C(F)(F)F)ccc(F)c1O)C(F)(F)F. The maximum atomic E-state index is 12.9. The van der Waals surface area contributed by atoms with Crippen molar-refractivity contribution in [3.05, 3.63) is 29.1 Å².